The summed E-state index contributed by atoms with van der Waals surface area (Å²) in [7, 11) is 0. The van der Waals surface area contributed by atoms with Crippen LogP contribution in [0.2, 0.25) is 0 Å². The molecule has 4 nitrogen and oxygen atoms in total. The summed E-state index contributed by atoms with van der Waals surface area (Å²) in [5, 5.41) is 6.87. The van der Waals surface area contributed by atoms with Crippen molar-refractivity contribution in [2.45, 2.75) is 12.8 Å². The van der Waals surface area contributed by atoms with Crippen molar-refractivity contribution in [3.05, 3.63) is 82.6 Å². The van der Waals surface area contributed by atoms with Gasteiger partial charge in [-0.1, -0.05) is 42.5 Å². The number of carbonyl (C=O) groups excluding carboxylic acids is 2. The molecule has 0 aliphatic carbocycles. The van der Waals surface area contributed by atoms with E-state index in [9.17, 15) is 9.59 Å². The number of hydrogen-bond donors (Lipinski definition) is 1. The third-order valence-electron chi connectivity index (χ3n) is 5.38. The van der Waals surface area contributed by atoms with Crippen LogP contribution in [0.1, 0.15) is 33.6 Å². The summed E-state index contributed by atoms with van der Waals surface area (Å²) in [5.41, 5.74) is 3.65. The smallest absolute Gasteiger partial charge is 0.254 e. The highest BCUT2D eigenvalue weighted by Gasteiger charge is 2.25. The van der Waals surface area contributed by atoms with Gasteiger partial charge in [0.2, 0.25) is 0 Å². The molecule has 0 spiro atoms. The summed E-state index contributed by atoms with van der Waals surface area (Å²) in [6.45, 7) is 2.08. The number of nitrogens with one attached hydrogen (secondary N) is 1. The van der Waals surface area contributed by atoms with Gasteiger partial charge in [0.05, 0.1) is 5.56 Å². The number of nitrogens with zero attached hydrogens (tertiary/aromatic N) is 1. The minimum atomic E-state index is -0.0640. The van der Waals surface area contributed by atoms with E-state index < -0.39 is 0 Å². The molecule has 1 fully saturated rings. The van der Waals surface area contributed by atoms with Crippen LogP contribution in [0.4, 0.5) is 0 Å². The minimum absolute atomic E-state index is 0.0640. The number of thiophene rings is 1. The Bertz CT molecular complexity index is 952. The summed E-state index contributed by atoms with van der Waals surface area (Å²) in [5.74, 6) is 0.323. The Morgan fingerprint density at radius 1 is 0.966 bits per heavy atom. The fraction of sp³-hybridized carbons (Fsp3) is 0.250. The number of likely N-dealkylation sites (tertiary alicyclic amines) is 1. The molecule has 0 saturated carbocycles. The zero-order valence-corrected chi connectivity index (χ0v) is 17.0. The Kier molecular flexibility index (Phi) is 6.06. The summed E-state index contributed by atoms with van der Waals surface area (Å²) in [6, 6.07) is 19.7. The minimum Gasteiger partial charge on any atom is -0.352 e. The molecule has 0 radical (unpaired) electrons. The van der Waals surface area contributed by atoms with Crippen LogP contribution in [0.5, 0.6) is 0 Å². The monoisotopic (exact) mass is 404 g/mol. The molecule has 0 bridgehead atoms. The summed E-state index contributed by atoms with van der Waals surface area (Å²) >= 11 is 1.54. The van der Waals surface area contributed by atoms with Crippen LogP contribution in [0.3, 0.4) is 0 Å². The van der Waals surface area contributed by atoms with Gasteiger partial charge in [-0.25, -0.2) is 0 Å². The van der Waals surface area contributed by atoms with Crippen LogP contribution in [-0.2, 0) is 0 Å². The lowest BCUT2D eigenvalue weighted by atomic mass is 9.97. The highest BCUT2D eigenvalue weighted by atomic mass is 32.1. The van der Waals surface area contributed by atoms with Crippen LogP contribution in [0, 0.1) is 5.92 Å². The lowest BCUT2D eigenvalue weighted by molar-refractivity contribution is 0.0671. The molecule has 148 valence electrons. The molecule has 1 aromatic heterocycles. The molecule has 4 rings (SSSR count). The van der Waals surface area contributed by atoms with E-state index in [-0.39, 0.29) is 11.8 Å². The second-order valence-corrected chi connectivity index (χ2v) is 8.20. The largest absolute Gasteiger partial charge is 0.352 e. The SMILES string of the molecule is O=C(NC[C@@H]1CCCN(C(=O)c2ccsc2)C1)c1ccc(-c2ccccc2)cc1. The van der Waals surface area contributed by atoms with E-state index in [0.717, 1.165) is 36.1 Å². The van der Waals surface area contributed by atoms with Crippen LogP contribution in [0.25, 0.3) is 11.1 Å². The molecule has 1 aliphatic heterocycles. The molecule has 2 aromatic carbocycles. The number of carbonyl (C=O) groups is 2. The Morgan fingerprint density at radius 2 is 1.72 bits per heavy atom. The maximum atomic E-state index is 12.6. The summed E-state index contributed by atoms with van der Waals surface area (Å²) in [4.78, 5) is 27.0. The van der Waals surface area contributed by atoms with Crippen molar-refractivity contribution in [1.29, 1.82) is 0 Å². The van der Waals surface area contributed by atoms with Crippen LogP contribution in [0.15, 0.2) is 71.4 Å². The lowest BCUT2D eigenvalue weighted by Crippen LogP contribution is -2.43. The van der Waals surface area contributed by atoms with Gasteiger partial charge >= 0.3 is 0 Å². The molecule has 1 N–H and O–H groups in total. The zero-order valence-electron chi connectivity index (χ0n) is 16.2. The Balaban J connectivity index is 1.31. The molecule has 0 unspecified atom stereocenters. The second-order valence-electron chi connectivity index (χ2n) is 7.42. The van der Waals surface area contributed by atoms with Gasteiger partial charge in [0.25, 0.3) is 11.8 Å². The third-order valence-corrected chi connectivity index (χ3v) is 6.06. The van der Waals surface area contributed by atoms with Crippen molar-refractivity contribution in [1.82, 2.24) is 10.2 Å². The number of piperidine rings is 1. The molecule has 29 heavy (non-hydrogen) atoms. The van der Waals surface area contributed by atoms with E-state index in [1.54, 1.807) is 0 Å². The topological polar surface area (TPSA) is 49.4 Å². The molecular formula is C24H24N2O2S. The van der Waals surface area contributed by atoms with Crippen LogP contribution in [-0.4, -0.2) is 36.3 Å². The van der Waals surface area contributed by atoms with Crippen LogP contribution < -0.4 is 5.32 Å². The Morgan fingerprint density at radius 3 is 2.45 bits per heavy atom. The van der Waals surface area contributed by atoms with Crippen molar-refractivity contribution < 1.29 is 9.59 Å². The average Bonchev–Trinajstić information content (AvgIpc) is 3.33. The van der Waals surface area contributed by atoms with Crippen molar-refractivity contribution in [2.75, 3.05) is 19.6 Å². The van der Waals surface area contributed by atoms with Gasteiger partial charge in [-0.05, 0) is 53.5 Å². The molecule has 1 aliphatic rings. The van der Waals surface area contributed by atoms with E-state index in [4.69, 9.17) is 0 Å². The summed E-state index contributed by atoms with van der Waals surface area (Å²) in [6.07, 6.45) is 2.00. The number of amides is 2. The van der Waals surface area contributed by atoms with Crippen molar-refractivity contribution in [2.24, 2.45) is 5.92 Å². The van der Waals surface area contributed by atoms with Gasteiger partial charge in [-0.3, -0.25) is 9.59 Å². The quantitative estimate of drug-likeness (QED) is 0.670. The molecular weight excluding hydrogens is 380 g/mol. The van der Waals surface area contributed by atoms with E-state index in [0.29, 0.717) is 24.6 Å². The average molecular weight is 405 g/mol. The highest BCUT2D eigenvalue weighted by molar-refractivity contribution is 7.08. The fourth-order valence-corrected chi connectivity index (χ4v) is 4.40. The lowest BCUT2D eigenvalue weighted by Gasteiger charge is -2.32. The van der Waals surface area contributed by atoms with Crippen molar-refractivity contribution >= 4 is 23.2 Å². The van der Waals surface area contributed by atoms with Crippen molar-refractivity contribution in [3.8, 4) is 11.1 Å². The first-order valence-electron chi connectivity index (χ1n) is 9.96. The van der Waals surface area contributed by atoms with Crippen molar-refractivity contribution in [3.63, 3.8) is 0 Å². The predicted molar refractivity (Wildman–Crippen MR) is 117 cm³/mol. The predicted octanol–water partition coefficient (Wildman–Crippen LogP) is 4.70. The molecule has 1 saturated heterocycles. The van der Waals surface area contributed by atoms with Gasteiger partial charge in [-0.15, -0.1) is 0 Å². The normalized spacial score (nSPS) is 16.4. The third kappa shape index (κ3) is 4.74. The fourth-order valence-electron chi connectivity index (χ4n) is 3.77. The number of hydrogen-bond acceptors (Lipinski definition) is 3. The van der Waals surface area contributed by atoms with E-state index >= 15 is 0 Å². The van der Waals surface area contributed by atoms with Gasteiger partial charge in [0.1, 0.15) is 0 Å². The van der Waals surface area contributed by atoms with E-state index in [2.05, 4.69) is 17.4 Å². The Labute approximate surface area is 175 Å². The second kappa shape index (κ2) is 9.05. The van der Waals surface area contributed by atoms with Gasteiger partial charge in [0, 0.05) is 30.6 Å². The first-order chi connectivity index (χ1) is 14.2. The molecule has 2 heterocycles. The number of rotatable bonds is 5. The van der Waals surface area contributed by atoms with Gasteiger partial charge in [0.15, 0.2) is 0 Å². The molecule has 1 atom stereocenters. The summed E-state index contributed by atoms with van der Waals surface area (Å²) < 4.78 is 0. The number of benzene rings is 2. The first-order valence-corrected chi connectivity index (χ1v) is 10.9. The molecule has 3 aromatic rings. The van der Waals surface area contributed by atoms with E-state index in [1.165, 1.54) is 11.3 Å². The first kappa shape index (κ1) is 19.4. The zero-order chi connectivity index (χ0) is 20.1. The maximum Gasteiger partial charge on any atom is 0.254 e. The molecule has 2 amide bonds. The molecule has 5 heteroatoms. The standard InChI is InChI=1S/C24H24N2O2S/c27-23(21-10-8-20(9-11-21)19-6-2-1-3-7-19)25-15-18-5-4-13-26(16-18)24(28)22-12-14-29-17-22/h1-3,6-12,14,17-18H,4-5,13,15-16H2,(H,25,27)/t18-/m0/s1. The van der Waals surface area contributed by atoms with E-state index in [1.807, 2.05) is 64.2 Å². The maximum absolute atomic E-state index is 12.6. The Hall–Kier alpha value is -2.92. The van der Waals surface area contributed by atoms with Gasteiger partial charge < -0.3 is 10.2 Å². The highest BCUT2D eigenvalue weighted by Crippen LogP contribution is 2.21. The van der Waals surface area contributed by atoms with Gasteiger partial charge in [-0.2, -0.15) is 11.3 Å². The van der Waals surface area contributed by atoms with Crippen LogP contribution >= 0.6 is 11.3 Å².